The van der Waals surface area contributed by atoms with Gasteiger partial charge in [0.15, 0.2) is 0 Å². The van der Waals surface area contributed by atoms with Gasteiger partial charge < -0.3 is 19.5 Å². The fourth-order valence-corrected chi connectivity index (χ4v) is 3.53. The first-order valence-electron chi connectivity index (χ1n) is 11.1. The minimum absolute atomic E-state index is 0.335. The van der Waals surface area contributed by atoms with Crippen LogP contribution in [0, 0.1) is 0 Å². The highest BCUT2D eigenvalue weighted by molar-refractivity contribution is 6.39. The minimum atomic E-state index is -0.917. The van der Waals surface area contributed by atoms with Gasteiger partial charge in [-0.15, -0.1) is 0 Å². The van der Waals surface area contributed by atoms with Crippen LogP contribution in [-0.4, -0.2) is 32.2 Å². The van der Waals surface area contributed by atoms with Crippen LogP contribution in [-0.2, 0) is 16.2 Å². The van der Waals surface area contributed by atoms with Crippen LogP contribution in [0.25, 0.3) is 10.8 Å². The summed E-state index contributed by atoms with van der Waals surface area (Å²) in [6, 6.07) is 26.4. The van der Waals surface area contributed by atoms with Gasteiger partial charge in [-0.05, 0) is 58.3 Å². The second kappa shape index (κ2) is 11.5. The number of hydrazone groups is 1. The third-order valence-electron chi connectivity index (χ3n) is 5.40. The summed E-state index contributed by atoms with van der Waals surface area (Å²) in [6.45, 7) is 0.443. The number of hydrogen-bond acceptors (Lipinski definition) is 6. The van der Waals surface area contributed by atoms with Gasteiger partial charge in [0.1, 0.15) is 23.9 Å². The van der Waals surface area contributed by atoms with Crippen LogP contribution in [0.5, 0.6) is 17.2 Å². The van der Waals surface area contributed by atoms with E-state index in [1.807, 2.05) is 36.4 Å². The summed E-state index contributed by atoms with van der Waals surface area (Å²) < 4.78 is 16.3. The Hall–Kier alpha value is -4.85. The zero-order chi connectivity index (χ0) is 25.3. The number of nitrogens with zero attached hydrogens (tertiary/aromatic N) is 1. The molecule has 0 radical (unpaired) electrons. The molecule has 0 atom stereocenters. The van der Waals surface area contributed by atoms with Crippen molar-refractivity contribution in [2.45, 2.75) is 6.61 Å². The maximum atomic E-state index is 12.2. The lowest BCUT2D eigenvalue weighted by atomic mass is 10.1. The van der Waals surface area contributed by atoms with Gasteiger partial charge in [-0.3, -0.25) is 9.59 Å². The lowest BCUT2D eigenvalue weighted by molar-refractivity contribution is -0.136. The van der Waals surface area contributed by atoms with E-state index in [0.717, 1.165) is 16.5 Å². The van der Waals surface area contributed by atoms with Crippen molar-refractivity contribution < 1.29 is 23.8 Å². The maximum absolute atomic E-state index is 12.2. The molecule has 2 amide bonds. The van der Waals surface area contributed by atoms with E-state index in [9.17, 15) is 9.59 Å². The molecule has 0 heterocycles. The van der Waals surface area contributed by atoms with E-state index in [4.69, 9.17) is 14.2 Å². The molecule has 8 nitrogen and oxygen atoms in total. The highest BCUT2D eigenvalue weighted by Gasteiger charge is 2.15. The number of ether oxygens (including phenoxy) is 3. The Labute approximate surface area is 208 Å². The molecule has 0 unspecified atom stereocenters. The van der Waals surface area contributed by atoms with Crippen molar-refractivity contribution in [3.05, 3.63) is 96.1 Å². The van der Waals surface area contributed by atoms with Crippen LogP contribution >= 0.6 is 0 Å². The van der Waals surface area contributed by atoms with E-state index in [1.54, 1.807) is 30.3 Å². The predicted octanol–water partition coefficient (Wildman–Crippen LogP) is 4.52. The summed E-state index contributed by atoms with van der Waals surface area (Å²) in [6.07, 6.45) is 1.44. The van der Waals surface area contributed by atoms with Crippen LogP contribution in [0.4, 0.5) is 5.69 Å². The molecule has 0 saturated carbocycles. The van der Waals surface area contributed by atoms with Crippen LogP contribution in [0.15, 0.2) is 90.0 Å². The second-order valence-electron chi connectivity index (χ2n) is 7.72. The van der Waals surface area contributed by atoms with E-state index < -0.39 is 11.8 Å². The van der Waals surface area contributed by atoms with Crippen molar-refractivity contribution in [3.8, 4) is 17.2 Å². The molecule has 0 saturated heterocycles. The Balaban J connectivity index is 1.29. The zero-order valence-corrected chi connectivity index (χ0v) is 19.9. The molecule has 0 aliphatic rings. The van der Waals surface area contributed by atoms with Gasteiger partial charge in [0.2, 0.25) is 0 Å². The molecule has 0 aliphatic heterocycles. The van der Waals surface area contributed by atoms with E-state index in [1.165, 1.54) is 25.8 Å². The topological polar surface area (TPSA) is 98.2 Å². The van der Waals surface area contributed by atoms with Crippen LogP contribution in [0.2, 0.25) is 0 Å². The molecule has 8 heteroatoms. The number of methoxy groups -OCH3 is 2. The Kier molecular flexibility index (Phi) is 7.77. The van der Waals surface area contributed by atoms with Crippen molar-refractivity contribution in [2.75, 3.05) is 19.5 Å². The standard InChI is InChI=1S/C28H25N3O5/c1-34-23-14-15-25(26(16-23)35-2)30-27(32)28(33)31-29-17-19-10-12-22(13-11-19)36-18-21-8-5-7-20-6-3-4-9-24(20)21/h3-17H,18H2,1-2H3,(H,30,32)(H,31,33)/b29-17+. The first kappa shape index (κ1) is 24.3. The Bertz CT molecular complexity index is 1390. The van der Waals surface area contributed by atoms with Gasteiger partial charge in [-0.25, -0.2) is 5.43 Å². The zero-order valence-electron chi connectivity index (χ0n) is 19.9. The van der Waals surface area contributed by atoms with Gasteiger partial charge >= 0.3 is 11.8 Å². The summed E-state index contributed by atoms with van der Waals surface area (Å²) in [4.78, 5) is 24.3. The van der Waals surface area contributed by atoms with E-state index in [-0.39, 0.29) is 0 Å². The number of carbonyl (C=O) groups is 2. The van der Waals surface area contributed by atoms with Crippen LogP contribution in [0.1, 0.15) is 11.1 Å². The maximum Gasteiger partial charge on any atom is 0.329 e. The molecule has 2 N–H and O–H groups in total. The summed E-state index contributed by atoms with van der Waals surface area (Å²) >= 11 is 0. The lowest BCUT2D eigenvalue weighted by Gasteiger charge is -2.10. The van der Waals surface area contributed by atoms with E-state index >= 15 is 0 Å². The monoisotopic (exact) mass is 483 g/mol. The highest BCUT2D eigenvalue weighted by Crippen LogP contribution is 2.29. The van der Waals surface area contributed by atoms with Crippen molar-refractivity contribution in [3.63, 3.8) is 0 Å². The van der Waals surface area contributed by atoms with Gasteiger partial charge in [0.05, 0.1) is 26.1 Å². The summed E-state index contributed by atoms with van der Waals surface area (Å²) in [5.41, 5.74) is 4.38. The number of nitrogens with one attached hydrogen (secondary N) is 2. The predicted molar refractivity (Wildman–Crippen MR) is 139 cm³/mol. The fourth-order valence-electron chi connectivity index (χ4n) is 3.53. The fraction of sp³-hybridized carbons (Fsp3) is 0.107. The quantitative estimate of drug-likeness (QED) is 0.218. The van der Waals surface area contributed by atoms with Crippen molar-refractivity contribution >= 4 is 34.5 Å². The Morgan fingerprint density at radius 3 is 2.36 bits per heavy atom. The van der Waals surface area contributed by atoms with Gasteiger partial charge in [0, 0.05) is 6.07 Å². The number of rotatable bonds is 8. The van der Waals surface area contributed by atoms with Crippen molar-refractivity contribution in [2.24, 2.45) is 5.10 Å². The lowest BCUT2D eigenvalue weighted by Crippen LogP contribution is -2.32. The average Bonchev–Trinajstić information content (AvgIpc) is 2.92. The molecule has 4 aromatic rings. The molecular formula is C28H25N3O5. The van der Waals surface area contributed by atoms with Crippen LogP contribution in [0.3, 0.4) is 0 Å². The summed E-state index contributed by atoms with van der Waals surface area (Å²) in [7, 11) is 2.97. The first-order chi connectivity index (χ1) is 17.6. The molecule has 182 valence electrons. The smallest absolute Gasteiger partial charge is 0.329 e. The molecule has 36 heavy (non-hydrogen) atoms. The van der Waals surface area contributed by atoms with Gasteiger partial charge in [-0.1, -0.05) is 42.5 Å². The number of amides is 2. The molecule has 0 aromatic heterocycles. The van der Waals surface area contributed by atoms with Gasteiger partial charge in [0.25, 0.3) is 0 Å². The third-order valence-corrected chi connectivity index (χ3v) is 5.40. The van der Waals surface area contributed by atoms with Crippen LogP contribution < -0.4 is 25.0 Å². The number of fused-ring (bicyclic) bond motifs is 1. The first-order valence-corrected chi connectivity index (χ1v) is 11.1. The molecule has 4 aromatic carbocycles. The Morgan fingerprint density at radius 1 is 0.833 bits per heavy atom. The van der Waals surface area contributed by atoms with Crippen molar-refractivity contribution in [1.29, 1.82) is 0 Å². The number of hydrogen-bond donors (Lipinski definition) is 2. The molecule has 0 spiro atoms. The number of carbonyl (C=O) groups excluding carboxylic acids is 2. The number of benzene rings is 4. The van der Waals surface area contributed by atoms with Crippen molar-refractivity contribution in [1.82, 2.24) is 5.43 Å². The van der Waals surface area contributed by atoms with E-state index in [0.29, 0.717) is 29.5 Å². The third kappa shape index (κ3) is 5.98. The average molecular weight is 484 g/mol. The summed E-state index contributed by atoms with van der Waals surface area (Å²) in [5.74, 6) is -0.172. The number of anilines is 1. The molecule has 0 aliphatic carbocycles. The second-order valence-corrected chi connectivity index (χ2v) is 7.72. The Morgan fingerprint density at radius 2 is 1.58 bits per heavy atom. The largest absolute Gasteiger partial charge is 0.497 e. The SMILES string of the molecule is COc1ccc(NC(=O)C(=O)N/N=C/c2ccc(OCc3cccc4ccccc34)cc2)c(OC)c1. The van der Waals surface area contributed by atoms with Gasteiger partial charge in [-0.2, -0.15) is 5.10 Å². The highest BCUT2D eigenvalue weighted by atomic mass is 16.5. The molecule has 4 rings (SSSR count). The molecule has 0 fully saturated rings. The minimum Gasteiger partial charge on any atom is -0.497 e. The molecule has 0 bridgehead atoms. The normalized spacial score (nSPS) is 10.7. The summed E-state index contributed by atoms with van der Waals surface area (Å²) in [5, 5.41) is 8.67. The van der Waals surface area contributed by atoms with E-state index in [2.05, 4.69) is 34.0 Å². The molecular weight excluding hydrogens is 458 g/mol.